The van der Waals surface area contributed by atoms with Gasteiger partial charge in [0.2, 0.25) is 0 Å². The van der Waals surface area contributed by atoms with Crippen molar-refractivity contribution in [3.8, 4) is 11.3 Å². The van der Waals surface area contributed by atoms with E-state index in [4.69, 9.17) is 0 Å². The van der Waals surface area contributed by atoms with Crippen LogP contribution in [0.4, 0.5) is 0 Å². The molecule has 0 atom stereocenters. The van der Waals surface area contributed by atoms with Gasteiger partial charge < -0.3 is 0 Å². The first-order valence-electron chi connectivity index (χ1n) is 4.73. The van der Waals surface area contributed by atoms with Gasteiger partial charge in [-0.25, -0.2) is 0 Å². The molecule has 0 unspecified atom stereocenters. The van der Waals surface area contributed by atoms with Gasteiger partial charge in [0.15, 0.2) is 0 Å². The van der Waals surface area contributed by atoms with Crippen LogP contribution in [0.2, 0.25) is 0 Å². The van der Waals surface area contributed by atoms with Crippen molar-refractivity contribution < 1.29 is 0 Å². The fourth-order valence-electron chi connectivity index (χ4n) is 1.69. The summed E-state index contributed by atoms with van der Waals surface area (Å²) in [5, 5.41) is 4.38. The number of hydrogen-bond acceptors (Lipinski definition) is 1. The Labute approximate surface area is 84.2 Å². The second kappa shape index (κ2) is 3.29. The molecule has 1 aromatic heterocycles. The van der Waals surface area contributed by atoms with Crippen molar-refractivity contribution in [2.24, 2.45) is 7.05 Å². The SMILES string of the molecule is Cc1cc(C)cc(-c2ccn(C)n2)c1. The highest BCUT2D eigenvalue weighted by Gasteiger charge is 2.01. The Morgan fingerprint density at radius 1 is 1.07 bits per heavy atom. The fraction of sp³-hybridized carbons (Fsp3) is 0.250. The monoisotopic (exact) mass is 186 g/mol. The summed E-state index contributed by atoms with van der Waals surface area (Å²) < 4.78 is 1.83. The molecule has 14 heavy (non-hydrogen) atoms. The average Bonchev–Trinajstić information content (AvgIpc) is 2.50. The Balaban J connectivity index is 2.51. The largest absolute Gasteiger partial charge is 0.275 e. The lowest BCUT2D eigenvalue weighted by Gasteiger charge is -2.01. The molecule has 2 heteroatoms. The minimum Gasteiger partial charge on any atom is -0.275 e. The van der Waals surface area contributed by atoms with Crippen LogP contribution in [0.25, 0.3) is 11.3 Å². The van der Waals surface area contributed by atoms with Gasteiger partial charge in [-0.3, -0.25) is 4.68 Å². The molecule has 0 spiro atoms. The quantitative estimate of drug-likeness (QED) is 0.669. The normalized spacial score (nSPS) is 10.5. The minimum atomic E-state index is 1.04. The van der Waals surface area contributed by atoms with Crippen LogP contribution in [0, 0.1) is 13.8 Å². The maximum absolute atomic E-state index is 4.38. The van der Waals surface area contributed by atoms with E-state index >= 15 is 0 Å². The van der Waals surface area contributed by atoms with Crippen LogP contribution in [0.5, 0.6) is 0 Å². The van der Waals surface area contributed by atoms with E-state index < -0.39 is 0 Å². The zero-order valence-electron chi connectivity index (χ0n) is 8.78. The third kappa shape index (κ3) is 1.69. The lowest BCUT2D eigenvalue weighted by molar-refractivity contribution is 0.771. The number of nitrogens with zero attached hydrogens (tertiary/aromatic N) is 2. The Hall–Kier alpha value is -1.57. The second-order valence-corrected chi connectivity index (χ2v) is 3.75. The number of aromatic nitrogens is 2. The molecule has 72 valence electrons. The zero-order valence-corrected chi connectivity index (χ0v) is 8.78. The molecule has 1 heterocycles. The minimum absolute atomic E-state index is 1.04. The van der Waals surface area contributed by atoms with Gasteiger partial charge in [0, 0.05) is 18.8 Å². The Bertz CT molecular complexity index is 435. The number of rotatable bonds is 1. The number of aryl methyl sites for hydroxylation is 3. The molecular weight excluding hydrogens is 172 g/mol. The molecule has 2 aromatic rings. The van der Waals surface area contributed by atoms with Crippen molar-refractivity contribution in [2.45, 2.75) is 13.8 Å². The smallest absolute Gasteiger partial charge is 0.0923 e. The lowest BCUT2D eigenvalue weighted by Crippen LogP contribution is -1.88. The molecule has 0 N–H and O–H groups in total. The first kappa shape index (κ1) is 9.00. The Morgan fingerprint density at radius 2 is 1.71 bits per heavy atom. The van der Waals surface area contributed by atoms with Crippen molar-refractivity contribution in [1.29, 1.82) is 0 Å². The van der Waals surface area contributed by atoms with Gasteiger partial charge in [-0.15, -0.1) is 0 Å². The maximum atomic E-state index is 4.38. The van der Waals surface area contributed by atoms with Crippen LogP contribution in [-0.2, 0) is 7.05 Å². The molecule has 0 saturated heterocycles. The van der Waals surface area contributed by atoms with Gasteiger partial charge in [0.25, 0.3) is 0 Å². The van der Waals surface area contributed by atoms with Crippen molar-refractivity contribution in [3.05, 3.63) is 41.6 Å². The molecule has 0 radical (unpaired) electrons. The van der Waals surface area contributed by atoms with E-state index in [-0.39, 0.29) is 0 Å². The Kier molecular flexibility index (Phi) is 2.12. The van der Waals surface area contributed by atoms with E-state index in [2.05, 4.69) is 37.1 Å². The molecule has 0 saturated carbocycles. The topological polar surface area (TPSA) is 17.8 Å². The molecule has 2 nitrogen and oxygen atoms in total. The van der Waals surface area contributed by atoms with E-state index in [0.717, 1.165) is 5.69 Å². The van der Waals surface area contributed by atoms with Gasteiger partial charge in [0.1, 0.15) is 0 Å². The summed E-state index contributed by atoms with van der Waals surface area (Å²) in [5.74, 6) is 0. The van der Waals surface area contributed by atoms with Gasteiger partial charge in [0.05, 0.1) is 5.69 Å². The highest BCUT2D eigenvalue weighted by molar-refractivity contribution is 5.60. The summed E-state index contributed by atoms with van der Waals surface area (Å²) in [7, 11) is 1.94. The summed E-state index contributed by atoms with van der Waals surface area (Å²) in [4.78, 5) is 0. The third-order valence-corrected chi connectivity index (χ3v) is 2.23. The first-order valence-corrected chi connectivity index (χ1v) is 4.73. The summed E-state index contributed by atoms with van der Waals surface area (Å²) in [6, 6.07) is 8.53. The molecule has 0 aliphatic rings. The number of hydrogen-bond donors (Lipinski definition) is 0. The van der Waals surface area contributed by atoms with Gasteiger partial charge >= 0.3 is 0 Å². The predicted octanol–water partition coefficient (Wildman–Crippen LogP) is 2.70. The average molecular weight is 186 g/mol. The number of benzene rings is 1. The molecule has 0 amide bonds. The van der Waals surface area contributed by atoms with Crippen molar-refractivity contribution in [1.82, 2.24) is 9.78 Å². The molecule has 0 aliphatic heterocycles. The van der Waals surface area contributed by atoms with Crippen LogP contribution in [0.1, 0.15) is 11.1 Å². The molecule has 0 fully saturated rings. The molecular formula is C12H14N2. The third-order valence-electron chi connectivity index (χ3n) is 2.23. The van der Waals surface area contributed by atoms with E-state index in [0.29, 0.717) is 0 Å². The maximum Gasteiger partial charge on any atom is 0.0923 e. The standard InChI is InChI=1S/C12H14N2/c1-9-6-10(2)8-11(7-9)12-4-5-14(3)13-12/h4-8H,1-3H3. The highest BCUT2D eigenvalue weighted by Crippen LogP contribution is 2.19. The summed E-state index contributed by atoms with van der Waals surface area (Å²) in [5.41, 5.74) is 4.80. The van der Waals surface area contributed by atoms with Gasteiger partial charge in [-0.2, -0.15) is 5.10 Å². The second-order valence-electron chi connectivity index (χ2n) is 3.75. The molecule has 1 aromatic carbocycles. The fourth-order valence-corrected chi connectivity index (χ4v) is 1.69. The lowest BCUT2D eigenvalue weighted by atomic mass is 10.1. The van der Waals surface area contributed by atoms with Gasteiger partial charge in [-0.1, -0.05) is 17.2 Å². The van der Waals surface area contributed by atoms with E-state index in [1.807, 2.05) is 24.0 Å². The van der Waals surface area contributed by atoms with Crippen LogP contribution in [0.3, 0.4) is 0 Å². The summed E-state index contributed by atoms with van der Waals surface area (Å²) in [6.45, 7) is 4.22. The van der Waals surface area contributed by atoms with Crippen molar-refractivity contribution in [2.75, 3.05) is 0 Å². The predicted molar refractivity (Wildman–Crippen MR) is 58.1 cm³/mol. The van der Waals surface area contributed by atoms with Crippen LogP contribution in [0.15, 0.2) is 30.5 Å². The van der Waals surface area contributed by atoms with Crippen LogP contribution in [-0.4, -0.2) is 9.78 Å². The summed E-state index contributed by atoms with van der Waals surface area (Å²) >= 11 is 0. The molecule has 2 rings (SSSR count). The molecule has 0 bridgehead atoms. The van der Waals surface area contributed by atoms with E-state index in [1.54, 1.807) is 0 Å². The van der Waals surface area contributed by atoms with Crippen molar-refractivity contribution >= 4 is 0 Å². The van der Waals surface area contributed by atoms with Crippen LogP contribution >= 0.6 is 0 Å². The Morgan fingerprint density at radius 3 is 2.21 bits per heavy atom. The highest BCUT2D eigenvalue weighted by atomic mass is 15.2. The molecule has 0 aliphatic carbocycles. The van der Waals surface area contributed by atoms with E-state index in [9.17, 15) is 0 Å². The zero-order chi connectivity index (χ0) is 10.1. The van der Waals surface area contributed by atoms with Crippen LogP contribution < -0.4 is 0 Å². The first-order chi connectivity index (χ1) is 6.65. The van der Waals surface area contributed by atoms with Gasteiger partial charge in [-0.05, 0) is 32.0 Å². The summed E-state index contributed by atoms with van der Waals surface area (Å²) in [6.07, 6.45) is 1.97. The van der Waals surface area contributed by atoms with Crippen molar-refractivity contribution in [3.63, 3.8) is 0 Å². The van der Waals surface area contributed by atoms with E-state index in [1.165, 1.54) is 16.7 Å².